The SMILES string of the molecule is O=C(CBr)c1cc(C(F)(F)F)ccc1O. The molecule has 0 amide bonds. The van der Waals surface area contributed by atoms with E-state index in [2.05, 4.69) is 15.9 Å². The molecule has 0 saturated heterocycles. The Balaban J connectivity index is 3.23. The molecule has 1 aromatic rings. The van der Waals surface area contributed by atoms with Crippen molar-refractivity contribution < 1.29 is 23.1 Å². The maximum absolute atomic E-state index is 12.3. The van der Waals surface area contributed by atoms with Crippen LogP contribution in [0.15, 0.2) is 18.2 Å². The van der Waals surface area contributed by atoms with Crippen molar-refractivity contribution in [3.63, 3.8) is 0 Å². The van der Waals surface area contributed by atoms with Crippen molar-refractivity contribution in [1.82, 2.24) is 0 Å². The number of hydrogen-bond acceptors (Lipinski definition) is 2. The lowest BCUT2D eigenvalue weighted by Crippen LogP contribution is -2.08. The number of phenols is 1. The molecule has 15 heavy (non-hydrogen) atoms. The van der Waals surface area contributed by atoms with E-state index in [9.17, 15) is 23.1 Å². The quantitative estimate of drug-likeness (QED) is 0.669. The van der Waals surface area contributed by atoms with Crippen molar-refractivity contribution in [3.8, 4) is 5.75 Å². The minimum Gasteiger partial charge on any atom is -0.507 e. The van der Waals surface area contributed by atoms with Crippen LogP contribution >= 0.6 is 15.9 Å². The zero-order valence-corrected chi connectivity index (χ0v) is 8.89. The Labute approximate surface area is 91.8 Å². The number of Topliss-reactive ketones (excluding diaryl/α,β-unsaturated/α-hetero) is 1. The first-order chi connectivity index (χ1) is 6.86. The fraction of sp³-hybridized carbons (Fsp3) is 0.222. The summed E-state index contributed by atoms with van der Waals surface area (Å²) in [5.41, 5.74) is -1.29. The Kier molecular flexibility index (Phi) is 3.38. The van der Waals surface area contributed by atoms with E-state index in [1.807, 2.05) is 0 Å². The van der Waals surface area contributed by atoms with Gasteiger partial charge in [0.1, 0.15) is 5.75 Å². The molecular weight excluding hydrogens is 277 g/mol. The van der Waals surface area contributed by atoms with Crippen LogP contribution in [-0.4, -0.2) is 16.2 Å². The van der Waals surface area contributed by atoms with E-state index in [1.165, 1.54) is 0 Å². The largest absolute Gasteiger partial charge is 0.507 e. The van der Waals surface area contributed by atoms with E-state index in [0.717, 1.165) is 12.1 Å². The second-order valence-electron chi connectivity index (χ2n) is 2.79. The molecule has 82 valence electrons. The van der Waals surface area contributed by atoms with Crippen LogP contribution in [0.3, 0.4) is 0 Å². The highest BCUT2D eigenvalue weighted by Gasteiger charge is 2.31. The van der Waals surface area contributed by atoms with Crippen LogP contribution in [0.25, 0.3) is 0 Å². The van der Waals surface area contributed by atoms with Crippen LogP contribution in [0.1, 0.15) is 15.9 Å². The van der Waals surface area contributed by atoms with E-state index in [4.69, 9.17) is 0 Å². The van der Waals surface area contributed by atoms with Crippen molar-refractivity contribution in [2.24, 2.45) is 0 Å². The summed E-state index contributed by atoms with van der Waals surface area (Å²) in [4.78, 5) is 11.1. The fourth-order valence-corrected chi connectivity index (χ4v) is 1.31. The molecule has 1 rings (SSSR count). The molecule has 0 aliphatic carbocycles. The van der Waals surface area contributed by atoms with Gasteiger partial charge in [-0.05, 0) is 18.2 Å². The summed E-state index contributed by atoms with van der Waals surface area (Å²) < 4.78 is 36.8. The van der Waals surface area contributed by atoms with Gasteiger partial charge in [-0.2, -0.15) is 13.2 Å². The average molecular weight is 283 g/mol. The number of carbonyl (C=O) groups excluding carboxylic acids is 1. The molecule has 0 saturated carbocycles. The smallest absolute Gasteiger partial charge is 0.416 e. The molecule has 0 spiro atoms. The summed E-state index contributed by atoms with van der Waals surface area (Å²) in [6.45, 7) is 0. The maximum atomic E-state index is 12.3. The van der Waals surface area contributed by atoms with Gasteiger partial charge in [0.05, 0.1) is 16.5 Å². The zero-order chi connectivity index (χ0) is 11.6. The van der Waals surface area contributed by atoms with E-state index < -0.39 is 23.3 Å². The lowest BCUT2D eigenvalue weighted by molar-refractivity contribution is -0.137. The molecule has 1 aromatic carbocycles. The predicted molar refractivity (Wildman–Crippen MR) is 51.2 cm³/mol. The van der Waals surface area contributed by atoms with Crippen molar-refractivity contribution >= 4 is 21.7 Å². The summed E-state index contributed by atoms with van der Waals surface area (Å²) in [6.07, 6.45) is -4.52. The molecule has 6 heteroatoms. The molecule has 1 N–H and O–H groups in total. The molecule has 0 unspecified atom stereocenters. The number of rotatable bonds is 2. The first-order valence-electron chi connectivity index (χ1n) is 3.85. The van der Waals surface area contributed by atoms with E-state index >= 15 is 0 Å². The van der Waals surface area contributed by atoms with Crippen LogP contribution in [0.2, 0.25) is 0 Å². The molecule has 0 heterocycles. The van der Waals surface area contributed by atoms with Crippen molar-refractivity contribution in [2.75, 3.05) is 5.33 Å². The molecule has 2 nitrogen and oxygen atoms in total. The second kappa shape index (κ2) is 4.22. The van der Waals surface area contributed by atoms with Gasteiger partial charge in [-0.1, -0.05) is 15.9 Å². The summed E-state index contributed by atoms with van der Waals surface area (Å²) in [7, 11) is 0. The average Bonchev–Trinajstić information content (AvgIpc) is 2.15. The molecule has 0 bridgehead atoms. The summed E-state index contributed by atoms with van der Waals surface area (Å²) >= 11 is 2.82. The topological polar surface area (TPSA) is 37.3 Å². The Hall–Kier alpha value is -1.04. The van der Waals surface area contributed by atoms with Crippen LogP contribution < -0.4 is 0 Å². The fourth-order valence-electron chi connectivity index (χ4n) is 1.01. The van der Waals surface area contributed by atoms with Gasteiger partial charge >= 0.3 is 6.18 Å². The standard InChI is InChI=1S/C9H6BrF3O2/c10-4-8(15)6-3-5(9(11,12)13)1-2-7(6)14/h1-3,14H,4H2. The highest BCUT2D eigenvalue weighted by atomic mass is 79.9. The molecule has 0 aliphatic rings. The second-order valence-corrected chi connectivity index (χ2v) is 3.35. The number of halogens is 4. The van der Waals surface area contributed by atoms with E-state index in [-0.39, 0.29) is 10.9 Å². The van der Waals surface area contributed by atoms with Crippen LogP contribution in [0, 0.1) is 0 Å². The first-order valence-corrected chi connectivity index (χ1v) is 4.97. The molecule has 0 aromatic heterocycles. The zero-order valence-electron chi connectivity index (χ0n) is 7.31. The number of phenolic OH excluding ortho intramolecular Hbond substituents is 1. The maximum Gasteiger partial charge on any atom is 0.416 e. The van der Waals surface area contributed by atoms with Crippen molar-refractivity contribution in [1.29, 1.82) is 0 Å². The normalized spacial score (nSPS) is 11.5. The molecule has 0 aliphatic heterocycles. The third-order valence-corrected chi connectivity index (χ3v) is 2.25. The molecule has 0 atom stereocenters. The van der Waals surface area contributed by atoms with Crippen molar-refractivity contribution in [3.05, 3.63) is 29.3 Å². The van der Waals surface area contributed by atoms with Crippen molar-refractivity contribution in [2.45, 2.75) is 6.18 Å². The Morgan fingerprint density at radius 2 is 2.00 bits per heavy atom. The number of ketones is 1. The van der Waals surface area contributed by atoms with Crippen LogP contribution in [-0.2, 0) is 6.18 Å². The lowest BCUT2D eigenvalue weighted by atomic mass is 10.1. The number of alkyl halides is 4. The Bertz CT molecular complexity index is 387. The summed E-state index contributed by atoms with van der Waals surface area (Å²) in [5.74, 6) is -1.05. The number of carbonyl (C=O) groups is 1. The third kappa shape index (κ3) is 2.71. The summed E-state index contributed by atoms with van der Waals surface area (Å²) in [5, 5.41) is 9.06. The predicted octanol–water partition coefficient (Wildman–Crippen LogP) is 2.99. The minimum absolute atomic E-state index is 0.137. The highest BCUT2D eigenvalue weighted by Crippen LogP contribution is 2.32. The van der Waals surface area contributed by atoms with Gasteiger partial charge in [-0.3, -0.25) is 4.79 Å². The van der Waals surface area contributed by atoms with Gasteiger partial charge in [0.2, 0.25) is 0 Å². The van der Waals surface area contributed by atoms with Gasteiger partial charge in [0, 0.05) is 0 Å². The van der Waals surface area contributed by atoms with Gasteiger partial charge in [-0.15, -0.1) is 0 Å². The highest BCUT2D eigenvalue weighted by molar-refractivity contribution is 9.09. The van der Waals surface area contributed by atoms with Crippen LogP contribution in [0.5, 0.6) is 5.75 Å². The lowest BCUT2D eigenvalue weighted by Gasteiger charge is -2.08. The van der Waals surface area contributed by atoms with Gasteiger partial charge in [-0.25, -0.2) is 0 Å². The van der Waals surface area contributed by atoms with E-state index in [1.54, 1.807) is 0 Å². The molecular formula is C9H6BrF3O2. The Morgan fingerprint density at radius 3 is 2.47 bits per heavy atom. The third-order valence-electron chi connectivity index (χ3n) is 1.75. The van der Waals surface area contributed by atoms with Gasteiger partial charge < -0.3 is 5.11 Å². The minimum atomic E-state index is -4.52. The monoisotopic (exact) mass is 282 g/mol. The van der Waals surface area contributed by atoms with Gasteiger partial charge in [0.15, 0.2) is 5.78 Å². The summed E-state index contributed by atoms with van der Waals surface area (Å²) in [6, 6.07) is 2.22. The van der Waals surface area contributed by atoms with Gasteiger partial charge in [0.25, 0.3) is 0 Å². The Morgan fingerprint density at radius 1 is 1.40 bits per heavy atom. The molecule has 0 fully saturated rings. The van der Waals surface area contributed by atoms with Crippen LogP contribution in [0.4, 0.5) is 13.2 Å². The number of aromatic hydroxyl groups is 1. The first kappa shape index (κ1) is 12.0. The molecule has 0 radical (unpaired) electrons. The van der Waals surface area contributed by atoms with E-state index in [0.29, 0.717) is 6.07 Å². The number of benzene rings is 1. The number of hydrogen-bond donors (Lipinski definition) is 1.